The Labute approximate surface area is 69.8 Å². The van der Waals surface area contributed by atoms with Gasteiger partial charge in [-0.25, -0.2) is 0 Å². The average Bonchev–Trinajstić information content (AvgIpc) is 2.33. The maximum Gasteiger partial charge on any atom is 0.0710 e. The fourth-order valence-corrected chi connectivity index (χ4v) is 2.72. The van der Waals surface area contributed by atoms with Crippen LogP contribution >= 0.6 is 21.0 Å². The molecule has 1 aliphatic rings. The smallest absolute Gasteiger partial charge is 0.0710 e. The van der Waals surface area contributed by atoms with Crippen LogP contribution in [0.5, 0.6) is 0 Å². The molecule has 10 heavy (non-hydrogen) atoms. The third-order valence-corrected chi connectivity index (χ3v) is 3.32. The van der Waals surface area contributed by atoms with Crippen molar-refractivity contribution in [2.75, 3.05) is 5.43 Å². The molecule has 0 saturated carbocycles. The van der Waals surface area contributed by atoms with E-state index in [2.05, 4.69) is 33.8 Å². The molecule has 0 spiro atoms. The van der Waals surface area contributed by atoms with Crippen molar-refractivity contribution in [3.05, 3.63) is 27.3 Å². The van der Waals surface area contributed by atoms with Gasteiger partial charge in [-0.3, -0.25) is 5.43 Å². The Balaban J connectivity index is 2.60. The van der Waals surface area contributed by atoms with Crippen molar-refractivity contribution >= 4 is 26.7 Å². The second kappa shape index (κ2) is 2.30. The van der Waals surface area contributed by atoms with Crippen LogP contribution < -0.4 is 5.43 Å². The summed E-state index contributed by atoms with van der Waals surface area (Å²) in [6.07, 6.45) is 0. The Hall–Kier alpha value is -0.450. The number of anilines is 1. The molecule has 2 rings (SSSR count). The highest BCUT2D eigenvalue weighted by Crippen LogP contribution is 2.29. The standard InChI is InChI=1S/C7H7IN2/c1-5-2-3-7-6(4-5)8-10-9-7/h2-4,9H,1H3. The molecule has 0 radical (unpaired) electrons. The molecular formula is C7H7IN2. The van der Waals surface area contributed by atoms with Crippen molar-refractivity contribution < 1.29 is 0 Å². The summed E-state index contributed by atoms with van der Waals surface area (Å²) in [4.78, 5) is 0. The largest absolute Gasteiger partial charge is 0.272 e. The lowest BCUT2D eigenvalue weighted by Gasteiger charge is -1.96. The fraction of sp³-hybridized carbons (Fsp3) is 0.143. The van der Waals surface area contributed by atoms with Gasteiger partial charge < -0.3 is 0 Å². The van der Waals surface area contributed by atoms with Crippen LogP contribution in [0.1, 0.15) is 5.56 Å². The highest BCUT2D eigenvalue weighted by atomic mass is 127. The molecule has 0 amide bonds. The summed E-state index contributed by atoms with van der Waals surface area (Å²) in [7, 11) is 0. The Morgan fingerprint density at radius 3 is 3.30 bits per heavy atom. The first kappa shape index (κ1) is 6.27. The summed E-state index contributed by atoms with van der Waals surface area (Å²) in [5.74, 6) is 0. The van der Waals surface area contributed by atoms with E-state index >= 15 is 0 Å². The van der Waals surface area contributed by atoms with Gasteiger partial charge in [-0.15, -0.1) is 3.25 Å². The molecule has 1 aromatic rings. The lowest BCUT2D eigenvalue weighted by molar-refractivity contribution is 1.37. The fourth-order valence-electron chi connectivity index (χ4n) is 0.893. The normalized spacial score (nSPS) is 13.7. The second-order valence-electron chi connectivity index (χ2n) is 2.26. The molecule has 0 saturated heterocycles. The number of rotatable bonds is 0. The Morgan fingerprint density at radius 1 is 1.50 bits per heavy atom. The van der Waals surface area contributed by atoms with E-state index in [1.165, 1.54) is 14.8 Å². The molecule has 0 unspecified atom stereocenters. The highest BCUT2D eigenvalue weighted by Gasteiger charge is 2.04. The van der Waals surface area contributed by atoms with Crippen LogP contribution in [0, 0.1) is 10.5 Å². The van der Waals surface area contributed by atoms with E-state index in [0.29, 0.717) is 0 Å². The molecule has 1 aliphatic heterocycles. The lowest BCUT2D eigenvalue weighted by Crippen LogP contribution is -1.83. The van der Waals surface area contributed by atoms with Gasteiger partial charge in [-0.2, -0.15) is 0 Å². The van der Waals surface area contributed by atoms with Crippen molar-refractivity contribution in [3.8, 4) is 0 Å². The van der Waals surface area contributed by atoms with E-state index < -0.39 is 0 Å². The average molecular weight is 246 g/mol. The summed E-state index contributed by atoms with van der Waals surface area (Å²) in [5.41, 5.74) is 5.54. The lowest BCUT2D eigenvalue weighted by atomic mass is 10.2. The van der Waals surface area contributed by atoms with Gasteiger partial charge in [-0.05, 0) is 24.6 Å². The molecule has 1 heterocycles. The van der Waals surface area contributed by atoms with Crippen molar-refractivity contribution in [3.63, 3.8) is 0 Å². The molecule has 2 nitrogen and oxygen atoms in total. The van der Waals surface area contributed by atoms with Crippen LogP contribution in [0.2, 0.25) is 0 Å². The highest BCUT2D eigenvalue weighted by molar-refractivity contribution is 14.2. The van der Waals surface area contributed by atoms with Gasteiger partial charge in [0.05, 0.1) is 30.3 Å². The van der Waals surface area contributed by atoms with Crippen LogP contribution in [0.25, 0.3) is 0 Å². The van der Waals surface area contributed by atoms with Crippen LogP contribution in [-0.2, 0) is 0 Å². The molecule has 1 N–H and O–H groups in total. The van der Waals surface area contributed by atoms with Crippen molar-refractivity contribution in [1.29, 1.82) is 0 Å². The molecule has 3 heteroatoms. The van der Waals surface area contributed by atoms with Crippen molar-refractivity contribution in [1.82, 2.24) is 0 Å². The Kier molecular flexibility index (Phi) is 1.44. The number of fused-ring (bicyclic) bond motifs is 1. The van der Waals surface area contributed by atoms with Gasteiger partial charge in [-0.1, -0.05) is 6.07 Å². The maximum atomic E-state index is 4.15. The monoisotopic (exact) mass is 246 g/mol. The van der Waals surface area contributed by atoms with E-state index in [1.807, 2.05) is 0 Å². The van der Waals surface area contributed by atoms with E-state index in [9.17, 15) is 0 Å². The predicted octanol–water partition coefficient (Wildman–Crippen LogP) is 2.66. The first-order chi connectivity index (χ1) is 4.86. The molecule has 0 aliphatic carbocycles. The predicted molar refractivity (Wildman–Crippen MR) is 49.9 cm³/mol. The number of nitrogens with one attached hydrogen (secondary N) is 1. The quantitative estimate of drug-likeness (QED) is 0.699. The number of aryl methyl sites for hydroxylation is 1. The molecule has 52 valence electrons. The van der Waals surface area contributed by atoms with E-state index in [0.717, 1.165) is 0 Å². The van der Waals surface area contributed by atoms with Gasteiger partial charge in [0.25, 0.3) is 0 Å². The number of benzene rings is 1. The van der Waals surface area contributed by atoms with Gasteiger partial charge in [0.15, 0.2) is 0 Å². The van der Waals surface area contributed by atoms with Gasteiger partial charge in [0, 0.05) is 0 Å². The zero-order chi connectivity index (χ0) is 6.97. The number of nitrogens with zero attached hydrogens (tertiary/aromatic N) is 1. The summed E-state index contributed by atoms with van der Waals surface area (Å²) in [6.45, 7) is 2.11. The second-order valence-corrected chi connectivity index (χ2v) is 4.39. The third-order valence-electron chi connectivity index (χ3n) is 1.42. The van der Waals surface area contributed by atoms with Crippen LogP contribution in [0.3, 0.4) is 0 Å². The van der Waals surface area contributed by atoms with Crippen LogP contribution in [0.4, 0.5) is 5.69 Å². The number of hydrogen-bond acceptors (Lipinski definition) is 2. The number of hydrogen-bond donors (Lipinski definition) is 1. The minimum atomic E-state index is -0.0804. The molecule has 0 aromatic heterocycles. The van der Waals surface area contributed by atoms with Crippen molar-refractivity contribution in [2.24, 2.45) is 3.25 Å². The Morgan fingerprint density at radius 2 is 2.40 bits per heavy atom. The molecule has 1 aromatic carbocycles. The van der Waals surface area contributed by atoms with Crippen LogP contribution in [0.15, 0.2) is 21.5 Å². The summed E-state index contributed by atoms with van der Waals surface area (Å²) in [5, 5.41) is 0. The minimum Gasteiger partial charge on any atom is -0.272 e. The van der Waals surface area contributed by atoms with E-state index in [4.69, 9.17) is 0 Å². The topological polar surface area (TPSA) is 24.4 Å². The van der Waals surface area contributed by atoms with E-state index in [-0.39, 0.29) is 21.0 Å². The summed E-state index contributed by atoms with van der Waals surface area (Å²) < 4.78 is 5.57. The molecular weight excluding hydrogens is 239 g/mol. The van der Waals surface area contributed by atoms with Crippen LogP contribution in [-0.4, -0.2) is 0 Å². The van der Waals surface area contributed by atoms with Gasteiger partial charge in [0.1, 0.15) is 0 Å². The third kappa shape index (κ3) is 0.941. The SMILES string of the molecule is Cc1ccc2c(c1)I=NN2. The molecule has 0 atom stereocenters. The van der Waals surface area contributed by atoms with Gasteiger partial charge >= 0.3 is 0 Å². The first-order valence-corrected chi connectivity index (χ1v) is 5.11. The molecule has 0 fully saturated rings. The Bertz CT molecular complexity index is 294. The number of halogens is 1. The molecule has 0 bridgehead atoms. The minimum absolute atomic E-state index is 0.0804. The van der Waals surface area contributed by atoms with E-state index in [1.54, 1.807) is 0 Å². The summed E-state index contributed by atoms with van der Waals surface area (Å²) >= 11 is -0.0804. The summed E-state index contributed by atoms with van der Waals surface area (Å²) in [6, 6.07) is 6.42. The first-order valence-electron chi connectivity index (χ1n) is 3.07. The maximum absolute atomic E-state index is 4.15. The van der Waals surface area contributed by atoms with Gasteiger partial charge in [0.2, 0.25) is 0 Å². The zero-order valence-electron chi connectivity index (χ0n) is 5.56. The zero-order valence-corrected chi connectivity index (χ0v) is 7.71. The van der Waals surface area contributed by atoms with Crippen molar-refractivity contribution in [2.45, 2.75) is 6.92 Å².